The van der Waals surface area contributed by atoms with Crippen molar-refractivity contribution in [1.82, 2.24) is 14.9 Å². The number of aromatic hydroxyl groups is 1. The molecule has 1 aromatic heterocycles. The van der Waals surface area contributed by atoms with E-state index in [1.807, 2.05) is 31.2 Å². The summed E-state index contributed by atoms with van der Waals surface area (Å²) in [5.74, 6) is 0.892. The van der Waals surface area contributed by atoms with Gasteiger partial charge in [0.15, 0.2) is 5.82 Å². The van der Waals surface area contributed by atoms with Crippen LogP contribution in [0.2, 0.25) is 0 Å². The van der Waals surface area contributed by atoms with E-state index in [1.165, 1.54) is 0 Å². The highest BCUT2D eigenvalue weighted by Gasteiger charge is 2.27. The quantitative estimate of drug-likeness (QED) is 0.623. The van der Waals surface area contributed by atoms with Crippen LogP contribution in [0, 0.1) is 6.92 Å². The Hall–Kier alpha value is -2.90. The zero-order valence-electron chi connectivity index (χ0n) is 16.6. The van der Waals surface area contributed by atoms with Gasteiger partial charge in [-0.3, -0.25) is 4.79 Å². The van der Waals surface area contributed by atoms with E-state index in [4.69, 9.17) is 21.6 Å². The van der Waals surface area contributed by atoms with Gasteiger partial charge in [0.25, 0.3) is 5.91 Å². The molecule has 7 nitrogen and oxygen atoms in total. The van der Waals surface area contributed by atoms with Gasteiger partial charge < -0.3 is 20.0 Å². The van der Waals surface area contributed by atoms with E-state index in [-0.39, 0.29) is 17.5 Å². The van der Waals surface area contributed by atoms with Crippen molar-refractivity contribution < 1.29 is 15.0 Å². The summed E-state index contributed by atoms with van der Waals surface area (Å²) < 4.78 is 0. The molecule has 0 spiro atoms. The third kappa shape index (κ3) is 3.91. The number of benzene rings is 2. The molecule has 1 aliphatic heterocycles. The number of rotatable bonds is 4. The van der Waals surface area contributed by atoms with Crippen LogP contribution < -0.4 is 4.90 Å². The first-order valence-electron chi connectivity index (χ1n) is 9.82. The third-order valence-electron chi connectivity index (χ3n) is 5.30. The second-order valence-electron chi connectivity index (χ2n) is 7.39. The molecule has 2 N–H and O–H groups in total. The van der Waals surface area contributed by atoms with Crippen molar-refractivity contribution in [3.05, 3.63) is 48.0 Å². The Morgan fingerprint density at radius 1 is 1.13 bits per heavy atom. The topological polar surface area (TPSA) is 89.8 Å². The number of hydrogen-bond acceptors (Lipinski definition) is 6. The molecule has 1 saturated heterocycles. The molecular formula is C22H23ClN4O3. The monoisotopic (exact) mass is 426 g/mol. The number of aryl methyl sites for hydroxylation is 1. The number of anilines is 1. The number of fused-ring (bicyclic) bond motifs is 1. The number of aliphatic hydroxyl groups excluding tert-OH is 1. The molecule has 8 heteroatoms. The number of para-hydroxylation sites is 1. The molecule has 0 aliphatic carbocycles. The lowest BCUT2D eigenvalue weighted by Gasteiger charge is -2.36. The van der Waals surface area contributed by atoms with Gasteiger partial charge in [0.05, 0.1) is 17.0 Å². The van der Waals surface area contributed by atoms with Crippen LogP contribution in [0.4, 0.5) is 5.82 Å². The number of aliphatic hydroxyl groups is 1. The van der Waals surface area contributed by atoms with Crippen LogP contribution in [0.15, 0.2) is 42.5 Å². The number of hydrogen-bond donors (Lipinski definition) is 2. The summed E-state index contributed by atoms with van der Waals surface area (Å²) in [6.07, 6.45) is -1.17. The van der Waals surface area contributed by atoms with Gasteiger partial charge >= 0.3 is 0 Å². The Morgan fingerprint density at radius 3 is 2.57 bits per heavy atom. The number of carbonyl (C=O) groups is 1. The highest BCUT2D eigenvalue weighted by Crippen LogP contribution is 2.32. The van der Waals surface area contributed by atoms with Crippen molar-refractivity contribution in [3.63, 3.8) is 0 Å². The van der Waals surface area contributed by atoms with Crippen LogP contribution in [0.25, 0.3) is 22.3 Å². The number of aromatic nitrogens is 2. The van der Waals surface area contributed by atoms with Gasteiger partial charge in [0.1, 0.15) is 17.7 Å². The zero-order valence-corrected chi connectivity index (χ0v) is 17.4. The van der Waals surface area contributed by atoms with E-state index >= 15 is 0 Å². The Bertz CT molecular complexity index is 1080. The fourth-order valence-electron chi connectivity index (χ4n) is 3.66. The minimum absolute atomic E-state index is 0.112. The van der Waals surface area contributed by atoms with Crippen molar-refractivity contribution >= 4 is 34.2 Å². The number of phenolic OH excluding ortho intramolecular Hbond substituents is 1. The van der Waals surface area contributed by atoms with Gasteiger partial charge in [-0.1, -0.05) is 18.2 Å². The van der Waals surface area contributed by atoms with E-state index < -0.39 is 6.10 Å². The van der Waals surface area contributed by atoms with Gasteiger partial charge in [0, 0.05) is 31.6 Å². The first-order chi connectivity index (χ1) is 14.5. The second-order valence-corrected chi connectivity index (χ2v) is 7.70. The Balaban J connectivity index is 1.70. The number of piperazine rings is 1. The summed E-state index contributed by atoms with van der Waals surface area (Å²) >= 11 is 5.61. The van der Waals surface area contributed by atoms with Crippen LogP contribution in [-0.4, -0.2) is 69.2 Å². The molecule has 1 aliphatic rings. The first-order valence-corrected chi connectivity index (χ1v) is 10.4. The number of phenols is 1. The van der Waals surface area contributed by atoms with Crippen molar-refractivity contribution in [1.29, 1.82) is 0 Å². The SMILES string of the molecule is Cc1ccc2c(N3CCN(C(=O)C(O)CCl)CC3)nc(-c3ccccc3O)nc2c1. The van der Waals surface area contributed by atoms with Crippen molar-refractivity contribution in [2.24, 2.45) is 0 Å². The summed E-state index contributed by atoms with van der Waals surface area (Å²) in [7, 11) is 0. The number of carbonyl (C=O) groups excluding carboxylic acids is 1. The maximum absolute atomic E-state index is 12.2. The third-order valence-corrected chi connectivity index (χ3v) is 5.59. The Kier molecular flexibility index (Phi) is 5.74. The minimum atomic E-state index is -1.17. The molecule has 3 aromatic rings. The molecule has 4 rings (SSSR count). The summed E-state index contributed by atoms with van der Waals surface area (Å²) in [4.78, 5) is 25.4. The number of nitrogens with zero attached hydrogens (tertiary/aromatic N) is 4. The predicted molar refractivity (Wildman–Crippen MR) is 117 cm³/mol. The smallest absolute Gasteiger partial charge is 0.252 e. The molecule has 1 amide bonds. The van der Waals surface area contributed by atoms with E-state index in [2.05, 4.69) is 4.90 Å². The van der Waals surface area contributed by atoms with Crippen LogP contribution >= 0.6 is 11.6 Å². The van der Waals surface area contributed by atoms with E-state index in [0.29, 0.717) is 37.6 Å². The van der Waals surface area contributed by atoms with Gasteiger partial charge in [-0.05, 0) is 36.8 Å². The molecule has 156 valence electrons. The van der Waals surface area contributed by atoms with Gasteiger partial charge in [-0.15, -0.1) is 11.6 Å². The maximum Gasteiger partial charge on any atom is 0.252 e. The largest absolute Gasteiger partial charge is 0.507 e. The number of amides is 1. The first kappa shape index (κ1) is 20.4. The maximum atomic E-state index is 12.2. The van der Waals surface area contributed by atoms with E-state index in [0.717, 1.165) is 22.3 Å². The summed E-state index contributed by atoms with van der Waals surface area (Å²) in [5.41, 5.74) is 2.45. The molecule has 2 aromatic carbocycles. The predicted octanol–water partition coefficient (Wildman–Crippen LogP) is 2.56. The van der Waals surface area contributed by atoms with E-state index in [1.54, 1.807) is 23.1 Å². The van der Waals surface area contributed by atoms with Crippen LogP contribution in [0.5, 0.6) is 5.75 Å². The average molecular weight is 427 g/mol. The van der Waals surface area contributed by atoms with Crippen molar-refractivity contribution in [3.8, 4) is 17.1 Å². The standard InChI is InChI=1S/C22H23ClN4O3/c1-14-6-7-15-17(12-14)24-20(16-4-2-3-5-18(16)28)25-21(15)26-8-10-27(11-9-26)22(30)19(29)13-23/h2-7,12,19,28-29H,8-11,13H2,1H3. The van der Waals surface area contributed by atoms with Crippen LogP contribution in [-0.2, 0) is 4.79 Å². The minimum Gasteiger partial charge on any atom is -0.507 e. The Morgan fingerprint density at radius 2 is 1.87 bits per heavy atom. The Labute approximate surface area is 179 Å². The molecule has 30 heavy (non-hydrogen) atoms. The summed E-state index contributed by atoms with van der Waals surface area (Å²) in [5, 5.41) is 20.9. The van der Waals surface area contributed by atoms with E-state index in [9.17, 15) is 15.0 Å². The number of halogens is 1. The molecule has 0 bridgehead atoms. The highest BCUT2D eigenvalue weighted by molar-refractivity contribution is 6.19. The van der Waals surface area contributed by atoms with Crippen LogP contribution in [0.1, 0.15) is 5.56 Å². The van der Waals surface area contributed by atoms with Crippen molar-refractivity contribution in [2.75, 3.05) is 37.0 Å². The lowest BCUT2D eigenvalue weighted by molar-refractivity contribution is -0.139. The summed E-state index contributed by atoms with van der Waals surface area (Å²) in [6, 6.07) is 13.0. The van der Waals surface area contributed by atoms with Crippen LogP contribution in [0.3, 0.4) is 0 Å². The molecule has 1 unspecified atom stereocenters. The van der Waals surface area contributed by atoms with Gasteiger partial charge in [-0.2, -0.15) is 0 Å². The van der Waals surface area contributed by atoms with Crippen molar-refractivity contribution in [2.45, 2.75) is 13.0 Å². The lowest BCUT2D eigenvalue weighted by atomic mass is 10.1. The van der Waals surface area contributed by atoms with Gasteiger partial charge in [-0.25, -0.2) is 9.97 Å². The fraction of sp³-hybridized carbons (Fsp3) is 0.318. The number of alkyl halides is 1. The molecule has 1 fully saturated rings. The lowest BCUT2D eigenvalue weighted by Crippen LogP contribution is -2.52. The molecule has 1 atom stereocenters. The van der Waals surface area contributed by atoms with Gasteiger partial charge in [0.2, 0.25) is 0 Å². The second kappa shape index (κ2) is 8.45. The normalized spacial score (nSPS) is 15.4. The molecule has 0 radical (unpaired) electrons. The molecule has 0 saturated carbocycles. The summed E-state index contributed by atoms with van der Waals surface area (Å²) in [6.45, 7) is 4.08. The highest BCUT2D eigenvalue weighted by atomic mass is 35.5. The molecular weight excluding hydrogens is 404 g/mol. The molecule has 2 heterocycles. The zero-order chi connectivity index (χ0) is 21.3. The fourth-order valence-corrected chi connectivity index (χ4v) is 3.79. The average Bonchev–Trinajstić information content (AvgIpc) is 2.77.